The van der Waals surface area contributed by atoms with Crippen molar-refractivity contribution in [1.29, 1.82) is 0 Å². The smallest absolute Gasteiger partial charge is 0.308 e. The Morgan fingerprint density at radius 3 is 2.76 bits per heavy atom. The van der Waals surface area contributed by atoms with E-state index in [2.05, 4.69) is 10.3 Å². The van der Waals surface area contributed by atoms with Crippen LogP contribution in [0.15, 0.2) is 18.2 Å². The summed E-state index contributed by atoms with van der Waals surface area (Å²) in [5.41, 5.74) is 0.381. The van der Waals surface area contributed by atoms with Crippen molar-refractivity contribution in [2.45, 2.75) is 38.1 Å². The van der Waals surface area contributed by atoms with Crippen LogP contribution in [-0.4, -0.2) is 35.1 Å². The number of methoxy groups -OCH3 is 1. The molecule has 0 bridgehead atoms. The number of benzene rings is 1. The molecule has 1 aliphatic carbocycles. The first kappa shape index (κ1) is 17.3. The van der Waals surface area contributed by atoms with Crippen LogP contribution in [0.2, 0.25) is 0 Å². The largest absolute Gasteiger partial charge is 0.496 e. The summed E-state index contributed by atoms with van der Waals surface area (Å²) < 4.78 is 19.2. The van der Waals surface area contributed by atoms with Gasteiger partial charge >= 0.3 is 5.97 Å². The lowest BCUT2D eigenvalue weighted by Crippen LogP contribution is -2.42. The van der Waals surface area contributed by atoms with Gasteiger partial charge in [0.25, 0.3) is 5.91 Å². The summed E-state index contributed by atoms with van der Waals surface area (Å²) in [5.74, 6) is -1.94. The summed E-state index contributed by atoms with van der Waals surface area (Å²) >= 11 is 0. The third-order valence-corrected chi connectivity index (χ3v) is 4.82. The molecule has 1 amide bonds. The number of nitrogens with one attached hydrogen (secondary N) is 2. The quantitative estimate of drug-likeness (QED) is 0.741. The first-order valence-corrected chi connectivity index (χ1v) is 8.40. The van der Waals surface area contributed by atoms with E-state index in [0.29, 0.717) is 24.0 Å². The number of rotatable bonds is 4. The van der Waals surface area contributed by atoms with Gasteiger partial charge in [-0.3, -0.25) is 9.59 Å². The van der Waals surface area contributed by atoms with Crippen LogP contribution in [0.3, 0.4) is 0 Å². The number of carbonyl (C=O) groups excluding carboxylic acids is 1. The van der Waals surface area contributed by atoms with Gasteiger partial charge in [-0.1, -0.05) is 19.3 Å². The average Bonchev–Trinajstić information content (AvgIpc) is 2.91. The molecule has 6 nitrogen and oxygen atoms in total. The Kier molecular flexibility index (Phi) is 4.92. The standard InChI is InChI=1S/C18H21FN2O4/c1-25-15-8-7-12(19)16-11(15)9-14(20-16)17(22)21-13-6-4-2-3-5-10(13)18(23)24/h7-10,13,20H,2-6H2,1H3,(H,21,22)(H,23,24)/t10-,13+/m1/s1. The lowest BCUT2D eigenvalue weighted by Gasteiger charge is -2.22. The van der Waals surface area contributed by atoms with Gasteiger partial charge in [-0.15, -0.1) is 0 Å². The second kappa shape index (κ2) is 7.13. The van der Waals surface area contributed by atoms with Crippen LogP contribution in [0.5, 0.6) is 5.75 Å². The van der Waals surface area contributed by atoms with Gasteiger partial charge in [0.15, 0.2) is 0 Å². The van der Waals surface area contributed by atoms with Crippen LogP contribution in [0.1, 0.15) is 42.6 Å². The third-order valence-electron chi connectivity index (χ3n) is 4.82. The zero-order chi connectivity index (χ0) is 18.0. The Labute approximate surface area is 144 Å². The summed E-state index contributed by atoms with van der Waals surface area (Å²) in [6.07, 6.45) is 3.86. The monoisotopic (exact) mass is 348 g/mol. The number of aromatic amines is 1. The van der Waals surface area contributed by atoms with Crippen molar-refractivity contribution in [2.75, 3.05) is 7.11 Å². The van der Waals surface area contributed by atoms with E-state index in [1.54, 1.807) is 0 Å². The molecule has 1 aromatic carbocycles. The van der Waals surface area contributed by atoms with Crippen LogP contribution in [0, 0.1) is 11.7 Å². The van der Waals surface area contributed by atoms with Gasteiger partial charge in [0.1, 0.15) is 17.3 Å². The first-order chi connectivity index (χ1) is 12.0. The Bertz CT molecular complexity index is 802. The number of H-pyrrole nitrogens is 1. The predicted molar refractivity (Wildman–Crippen MR) is 90.3 cm³/mol. The number of fused-ring (bicyclic) bond motifs is 1. The highest BCUT2D eigenvalue weighted by Gasteiger charge is 2.31. The molecule has 0 aliphatic heterocycles. The molecule has 2 aromatic rings. The van der Waals surface area contributed by atoms with Gasteiger partial charge < -0.3 is 20.1 Å². The summed E-state index contributed by atoms with van der Waals surface area (Å²) in [7, 11) is 1.47. The van der Waals surface area contributed by atoms with Crippen LogP contribution < -0.4 is 10.1 Å². The van der Waals surface area contributed by atoms with Crippen molar-refractivity contribution in [3.05, 3.63) is 29.7 Å². The van der Waals surface area contributed by atoms with Gasteiger partial charge in [-0.25, -0.2) is 4.39 Å². The fraction of sp³-hybridized carbons (Fsp3) is 0.444. The minimum absolute atomic E-state index is 0.187. The van der Waals surface area contributed by atoms with E-state index in [4.69, 9.17) is 4.74 Å². The van der Waals surface area contributed by atoms with Crippen molar-refractivity contribution in [3.8, 4) is 5.75 Å². The molecule has 0 saturated heterocycles. The number of aliphatic carboxylic acids is 1. The van der Waals surface area contributed by atoms with Crippen LogP contribution >= 0.6 is 0 Å². The van der Waals surface area contributed by atoms with Crippen molar-refractivity contribution in [1.82, 2.24) is 10.3 Å². The Balaban J connectivity index is 1.86. The minimum Gasteiger partial charge on any atom is -0.496 e. The summed E-state index contributed by atoms with van der Waals surface area (Å²) in [5, 5.41) is 12.7. The molecule has 1 aromatic heterocycles. The number of ether oxygens (including phenoxy) is 1. The molecule has 7 heteroatoms. The average molecular weight is 348 g/mol. The third kappa shape index (κ3) is 3.45. The summed E-state index contributed by atoms with van der Waals surface area (Å²) in [6, 6.07) is 3.87. The molecule has 2 atom stereocenters. The maximum absolute atomic E-state index is 14.0. The molecule has 3 N–H and O–H groups in total. The zero-order valence-electron chi connectivity index (χ0n) is 14.0. The molecule has 0 radical (unpaired) electrons. The Hall–Kier alpha value is -2.57. The minimum atomic E-state index is -0.892. The second-order valence-corrected chi connectivity index (χ2v) is 6.38. The number of amides is 1. The normalized spacial score (nSPS) is 20.9. The molecule has 1 fully saturated rings. The highest BCUT2D eigenvalue weighted by atomic mass is 19.1. The van der Waals surface area contributed by atoms with Crippen molar-refractivity contribution >= 4 is 22.8 Å². The lowest BCUT2D eigenvalue weighted by molar-refractivity contribution is -0.142. The maximum atomic E-state index is 14.0. The van der Waals surface area contributed by atoms with Gasteiger partial charge in [-0.05, 0) is 31.0 Å². The van der Waals surface area contributed by atoms with Gasteiger partial charge in [0.2, 0.25) is 0 Å². The topological polar surface area (TPSA) is 91.4 Å². The van der Waals surface area contributed by atoms with Crippen LogP contribution in [0.4, 0.5) is 4.39 Å². The Morgan fingerprint density at radius 1 is 1.28 bits per heavy atom. The maximum Gasteiger partial charge on any atom is 0.308 e. The highest BCUT2D eigenvalue weighted by molar-refractivity contribution is 6.00. The Morgan fingerprint density at radius 2 is 2.04 bits per heavy atom. The van der Waals surface area contributed by atoms with Crippen molar-refractivity contribution in [3.63, 3.8) is 0 Å². The second-order valence-electron chi connectivity index (χ2n) is 6.38. The molecule has 3 rings (SSSR count). The molecule has 25 heavy (non-hydrogen) atoms. The van der Waals surface area contributed by atoms with Gasteiger partial charge in [0.05, 0.1) is 18.5 Å². The first-order valence-electron chi connectivity index (χ1n) is 8.40. The number of carboxylic acids is 1. The predicted octanol–water partition coefficient (Wildman–Crippen LogP) is 3.08. The number of halogens is 1. The van der Waals surface area contributed by atoms with E-state index in [1.165, 1.54) is 25.3 Å². The van der Waals surface area contributed by atoms with Gasteiger partial charge in [0, 0.05) is 11.4 Å². The van der Waals surface area contributed by atoms with Crippen LogP contribution in [-0.2, 0) is 4.79 Å². The van der Waals surface area contributed by atoms with E-state index >= 15 is 0 Å². The number of hydrogen-bond donors (Lipinski definition) is 3. The van der Waals surface area contributed by atoms with Crippen molar-refractivity contribution in [2.24, 2.45) is 5.92 Å². The molecule has 1 saturated carbocycles. The number of carboxylic acid groups (broad SMARTS) is 1. The lowest BCUT2D eigenvalue weighted by atomic mass is 9.95. The van der Waals surface area contributed by atoms with Gasteiger partial charge in [-0.2, -0.15) is 0 Å². The molecular formula is C18H21FN2O4. The van der Waals surface area contributed by atoms with E-state index in [1.807, 2.05) is 0 Å². The molecule has 1 aliphatic rings. The number of carbonyl (C=O) groups is 2. The molecule has 134 valence electrons. The summed E-state index contributed by atoms with van der Waals surface area (Å²) in [4.78, 5) is 26.8. The SMILES string of the molecule is COc1ccc(F)c2[nH]c(C(=O)N[C@H]3CCCCC[C@H]3C(=O)O)cc12. The van der Waals surface area contributed by atoms with E-state index in [0.717, 1.165) is 19.3 Å². The van der Waals surface area contributed by atoms with E-state index in [-0.39, 0.29) is 11.2 Å². The highest BCUT2D eigenvalue weighted by Crippen LogP contribution is 2.29. The van der Waals surface area contributed by atoms with Crippen molar-refractivity contribution < 1.29 is 23.8 Å². The molecule has 0 unspecified atom stereocenters. The molecule has 1 heterocycles. The molecule has 0 spiro atoms. The van der Waals surface area contributed by atoms with E-state index in [9.17, 15) is 19.1 Å². The molecular weight excluding hydrogens is 327 g/mol. The zero-order valence-corrected chi connectivity index (χ0v) is 14.0. The van der Waals surface area contributed by atoms with Crippen LogP contribution in [0.25, 0.3) is 10.9 Å². The fourth-order valence-corrected chi connectivity index (χ4v) is 3.48. The van der Waals surface area contributed by atoms with E-state index < -0.39 is 29.7 Å². The number of hydrogen-bond acceptors (Lipinski definition) is 3. The fourth-order valence-electron chi connectivity index (χ4n) is 3.48. The number of aromatic nitrogens is 1. The summed E-state index contributed by atoms with van der Waals surface area (Å²) in [6.45, 7) is 0.